The van der Waals surface area contributed by atoms with Crippen molar-refractivity contribution in [3.63, 3.8) is 0 Å². The Kier molecular flexibility index (Phi) is 4.43. The summed E-state index contributed by atoms with van der Waals surface area (Å²) in [6.07, 6.45) is 1.21. The van der Waals surface area contributed by atoms with Gasteiger partial charge in [0.1, 0.15) is 0 Å². The predicted molar refractivity (Wildman–Crippen MR) is 87.8 cm³/mol. The number of aliphatic hydroxyl groups excluding tert-OH is 1. The zero-order chi connectivity index (χ0) is 15.7. The van der Waals surface area contributed by atoms with Gasteiger partial charge in [0, 0.05) is 24.8 Å². The van der Waals surface area contributed by atoms with E-state index in [9.17, 15) is 13.5 Å². The average Bonchev–Trinajstić information content (AvgIpc) is 2.75. The molecule has 1 aromatic carbocycles. The highest BCUT2D eigenvalue weighted by Gasteiger charge is 2.40. The Bertz CT molecular complexity index is 624. The molecule has 6 heteroatoms. The van der Waals surface area contributed by atoms with Crippen LogP contribution in [0.4, 0.5) is 5.69 Å². The first-order valence-corrected chi connectivity index (χ1v) is 9.71. The number of nitrogens with one attached hydrogen (secondary N) is 1. The van der Waals surface area contributed by atoms with Gasteiger partial charge >= 0.3 is 0 Å². The lowest BCUT2D eigenvalue weighted by atomic mass is 10.0. The van der Waals surface area contributed by atoms with Crippen molar-refractivity contribution in [1.29, 1.82) is 0 Å². The summed E-state index contributed by atoms with van der Waals surface area (Å²) in [6.45, 7) is 3.76. The third kappa shape index (κ3) is 3.45. The van der Waals surface area contributed by atoms with Crippen LogP contribution in [0, 0.1) is 6.92 Å². The standard InChI is InChI=1S/C16H24N2O3S/c1-12-4-2-3-5-14(12)17-13-6-8-18(9-7-13)15-10-22(20,21)11-16(15)19/h2-5,13,15-17,19H,6-11H2,1H3/t15-,16+/m0/s1. The molecule has 2 N–H and O–H groups in total. The number of rotatable bonds is 3. The Morgan fingerprint density at radius 3 is 2.45 bits per heavy atom. The van der Waals surface area contributed by atoms with Crippen LogP contribution in [-0.2, 0) is 9.84 Å². The van der Waals surface area contributed by atoms with Crippen molar-refractivity contribution in [1.82, 2.24) is 4.90 Å². The Balaban J connectivity index is 1.56. The van der Waals surface area contributed by atoms with Crippen molar-refractivity contribution in [3.05, 3.63) is 29.8 Å². The molecule has 2 aliphatic rings. The Labute approximate surface area is 132 Å². The fraction of sp³-hybridized carbons (Fsp3) is 0.625. The van der Waals surface area contributed by atoms with E-state index >= 15 is 0 Å². The quantitative estimate of drug-likeness (QED) is 0.869. The van der Waals surface area contributed by atoms with Crippen molar-refractivity contribution in [3.8, 4) is 0 Å². The van der Waals surface area contributed by atoms with E-state index in [0.717, 1.165) is 25.9 Å². The average molecular weight is 324 g/mol. The minimum atomic E-state index is -3.07. The maximum Gasteiger partial charge on any atom is 0.154 e. The topological polar surface area (TPSA) is 69.6 Å². The van der Waals surface area contributed by atoms with Crippen LogP contribution in [-0.4, -0.2) is 61.2 Å². The van der Waals surface area contributed by atoms with E-state index in [-0.39, 0.29) is 17.5 Å². The number of benzene rings is 1. The van der Waals surface area contributed by atoms with Crippen molar-refractivity contribution >= 4 is 15.5 Å². The molecule has 2 heterocycles. The molecule has 5 nitrogen and oxygen atoms in total. The fourth-order valence-electron chi connectivity index (χ4n) is 3.49. The molecule has 1 aromatic rings. The highest BCUT2D eigenvalue weighted by molar-refractivity contribution is 7.91. The van der Waals surface area contributed by atoms with Gasteiger partial charge in [-0.15, -0.1) is 0 Å². The van der Waals surface area contributed by atoms with Gasteiger partial charge in [-0.25, -0.2) is 8.42 Å². The van der Waals surface area contributed by atoms with Crippen LogP contribution in [0.2, 0.25) is 0 Å². The van der Waals surface area contributed by atoms with Crippen LogP contribution < -0.4 is 5.32 Å². The van der Waals surface area contributed by atoms with E-state index in [2.05, 4.69) is 29.3 Å². The van der Waals surface area contributed by atoms with Gasteiger partial charge in [-0.3, -0.25) is 4.90 Å². The number of aryl methyl sites for hydroxylation is 1. The molecule has 2 atom stereocenters. The molecule has 0 aromatic heterocycles. The third-order valence-electron chi connectivity index (χ3n) is 4.80. The van der Waals surface area contributed by atoms with Gasteiger partial charge in [0.15, 0.2) is 9.84 Å². The van der Waals surface area contributed by atoms with Crippen LogP contribution in [0.25, 0.3) is 0 Å². The summed E-state index contributed by atoms with van der Waals surface area (Å²) in [5, 5.41) is 13.6. The number of para-hydroxylation sites is 1. The van der Waals surface area contributed by atoms with E-state index in [4.69, 9.17) is 0 Å². The van der Waals surface area contributed by atoms with E-state index in [0.29, 0.717) is 6.04 Å². The summed E-state index contributed by atoms with van der Waals surface area (Å²) in [4.78, 5) is 2.14. The van der Waals surface area contributed by atoms with Crippen molar-refractivity contribution in [2.45, 2.75) is 38.0 Å². The molecule has 22 heavy (non-hydrogen) atoms. The van der Waals surface area contributed by atoms with Gasteiger partial charge < -0.3 is 10.4 Å². The molecule has 0 unspecified atom stereocenters. The lowest BCUT2D eigenvalue weighted by Gasteiger charge is -2.37. The zero-order valence-electron chi connectivity index (χ0n) is 12.9. The maximum absolute atomic E-state index is 11.6. The maximum atomic E-state index is 11.6. The summed E-state index contributed by atoms with van der Waals surface area (Å²) in [5.41, 5.74) is 2.41. The second-order valence-electron chi connectivity index (χ2n) is 6.48. The first kappa shape index (κ1) is 15.8. The largest absolute Gasteiger partial charge is 0.390 e. The number of anilines is 1. The highest BCUT2D eigenvalue weighted by Crippen LogP contribution is 2.24. The molecule has 2 saturated heterocycles. The monoisotopic (exact) mass is 324 g/mol. The smallest absolute Gasteiger partial charge is 0.154 e. The Morgan fingerprint density at radius 2 is 1.86 bits per heavy atom. The number of aliphatic hydroxyl groups is 1. The van der Waals surface area contributed by atoms with Gasteiger partial charge in [-0.1, -0.05) is 18.2 Å². The van der Waals surface area contributed by atoms with Gasteiger partial charge in [0.25, 0.3) is 0 Å². The van der Waals surface area contributed by atoms with E-state index < -0.39 is 15.9 Å². The molecule has 0 aliphatic carbocycles. The molecule has 2 fully saturated rings. The molecule has 0 radical (unpaired) electrons. The van der Waals surface area contributed by atoms with Gasteiger partial charge in [-0.05, 0) is 31.4 Å². The summed E-state index contributed by atoms with van der Waals surface area (Å²) in [5.74, 6) is 0.0170. The normalized spacial score (nSPS) is 29.5. The Morgan fingerprint density at radius 1 is 1.18 bits per heavy atom. The summed E-state index contributed by atoms with van der Waals surface area (Å²) in [7, 11) is -3.07. The van der Waals surface area contributed by atoms with Crippen molar-refractivity contribution < 1.29 is 13.5 Å². The van der Waals surface area contributed by atoms with Crippen LogP contribution in [0.3, 0.4) is 0 Å². The van der Waals surface area contributed by atoms with E-state index in [1.54, 1.807) is 0 Å². The number of likely N-dealkylation sites (tertiary alicyclic amines) is 1. The fourth-order valence-corrected chi connectivity index (χ4v) is 5.32. The van der Waals surface area contributed by atoms with Crippen molar-refractivity contribution in [2.75, 3.05) is 29.9 Å². The van der Waals surface area contributed by atoms with Crippen LogP contribution in [0.5, 0.6) is 0 Å². The van der Waals surface area contributed by atoms with Crippen LogP contribution in [0.15, 0.2) is 24.3 Å². The summed E-state index contributed by atoms with van der Waals surface area (Å²) >= 11 is 0. The first-order chi connectivity index (χ1) is 10.4. The molecule has 122 valence electrons. The van der Waals surface area contributed by atoms with Crippen molar-refractivity contribution in [2.24, 2.45) is 0 Å². The second kappa shape index (κ2) is 6.18. The third-order valence-corrected chi connectivity index (χ3v) is 6.50. The summed E-state index contributed by atoms with van der Waals surface area (Å²) < 4.78 is 23.3. The molecule has 0 spiro atoms. The number of hydrogen-bond acceptors (Lipinski definition) is 5. The number of hydrogen-bond donors (Lipinski definition) is 2. The number of sulfone groups is 1. The van der Waals surface area contributed by atoms with Crippen LogP contribution in [0.1, 0.15) is 18.4 Å². The minimum absolute atomic E-state index is 0.0843. The molecule has 2 aliphatic heterocycles. The molecule has 0 bridgehead atoms. The lowest BCUT2D eigenvalue weighted by molar-refractivity contribution is 0.0683. The molecular weight excluding hydrogens is 300 g/mol. The second-order valence-corrected chi connectivity index (χ2v) is 8.63. The molecule has 0 amide bonds. The van der Waals surface area contributed by atoms with Gasteiger partial charge in [-0.2, -0.15) is 0 Å². The van der Waals surface area contributed by atoms with E-state index in [1.165, 1.54) is 11.3 Å². The van der Waals surface area contributed by atoms with Gasteiger partial charge in [0.2, 0.25) is 0 Å². The predicted octanol–water partition coefficient (Wildman–Crippen LogP) is 1.03. The number of piperidine rings is 1. The van der Waals surface area contributed by atoms with E-state index in [1.807, 2.05) is 12.1 Å². The lowest BCUT2D eigenvalue weighted by Crippen LogP contribution is -2.49. The first-order valence-electron chi connectivity index (χ1n) is 7.89. The Hall–Kier alpha value is -1.11. The van der Waals surface area contributed by atoms with Crippen LogP contribution >= 0.6 is 0 Å². The molecular formula is C16H24N2O3S. The SMILES string of the molecule is Cc1ccccc1NC1CCN([C@H]2CS(=O)(=O)C[C@H]2O)CC1. The summed E-state index contributed by atoms with van der Waals surface area (Å²) in [6, 6.07) is 8.44. The molecule has 0 saturated carbocycles. The number of nitrogens with zero attached hydrogens (tertiary/aromatic N) is 1. The zero-order valence-corrected chi connectivity index (χ0v) is 13.7. The highest BCUT2D eigenvalue weighted by atomic mass is 32.2. The minimum Gasteiger partial charge on any atom is -0.390 e. The van der Waals surface area contributed by atoms with Gasteiger partial charge in [0.05, 0.1) is 23.7 Å². The molecule has 3 rings (SSSR count).